The van der Waals surface area contributed by atoms with E-state index in [0.717, 1.165) is 6.20 Å². The van der Waals surface area contributed by atoms with Gasteiger partial charge in [0.15, 0.2) is 16.7 Å². The number of nitrogens with two attached hydrogens (primary N) is 1. The number of hydrogen-bond donors (Lipinski definition) is 2. The van der Waals surface area contributed by atoms with E-state index in [9.17, 15) is 18.0 Å². The van der Waals surface area contributed by atoms with Crippen LogP contribution in [0.15, 0.2) is 35.5 Å². The highest BCUT2D eigenvalue weighted by Gasteiger charge is 2.57. The van der Waals surface area contributed by atoms with Gasteiger partial charge in [0.2, 0.25) is 0 Å². The number of carbonyl (C=O) groups is 1. The molecule has 0 aliphatic carbocycles. The molecular formula is C19H17F3N4O2S. The molecule has 1 amide bonds. The number of anilines is 1. The van der Waals surface area contributed by atoms with Gasteiger partial charge in [-0.15, -0.1) is 0 Å². The largest absolute Gasteiger partial charge is 0.379 e. The standard InChI is InChI=1S/C19H17F3N4O2S/c1-18-7-28-8-19(18,26-17(23)29-9-18)12-5-11(2-3-13(12)21)25-16(27)15-14(22)4-10(20)6-24-15/h2-6H,7-9H2,1H3,(H2,23,26)(H,25,27)/t18-,19+/m0/s1. The average molecular weight is 422 g/mol. The summed E-state index contributed by atoms with van der Waals surface area (Å²) in [6.07, 6.45) is 0.742. The molecule has 6 nitrogen and oxygen atoms in total. The normalized spacial score (nSPS) is 26.0. The molecule has 2 aliphatic rings. The van der Waals surface area contributed by atoms with Crippen molar-refractivity contribution in [3.8, 4) is 0 Å². The fourth-order valence-electron chi connectivity index (χ4n) is 3.65. The van der Waals surface area contributed by atoms with E-state index in [0.29, 0.717) is 23.6 Å². The number of thioether (sulfide) groups is 1. The van der Waals surface area contributed by atoms with Gasteiger partial charge in [-0.25, -0.2) is 23.1 Å². The van der Waals surface area contributed by atoms with Crippen molar-refractivity contribution in [2.75, 3.05) is 24.3 Å². The number of amidine groups is 1. The molecule has 0 radical (unpaired) electrons. The highest BCUT2D eigenvalue weighted by atomic mass is 32.2. The number of hydrogen-bond acceptors (Lipinski definition) is 6. The molecule has 1 saturated heterocycles. The number of ether oxygens (including phenoxy) is 1. The molecule has 10 heteroatoms. The van der Waals surface area contributed by atoms with E-state index in [1.165, 1.54) is 30.0 Å². The first kappa shape index (κ1) is 19.7. The Morgan fingerprint density at radius 1 is 1.24 bits per heavy atom. The maximum absolute atomic E-state index is 14.9. The van der Waals surface area contributed by atoms with Crippen molar-refractivity contribution >= 4 is 28.5 Å². The van der Waals surface area contributed by atoms with E-state index in [1.807, 2.05) is 6.92 Å². The molecule has 0 saturated carbocycles. The molecule has 3 N–H and O–H groups in total. The number of nitrogens with one attached hydrogen (secondary N) is 1. The summed E-state index contributed by atoms with van der Waals surface area (Å²) >= 11 is 1.38. The molecule has 1 fully saturated rings. The van der Waals surface area contributed by atoms with E-state index >= 15 is 0 Å². The van der Waals surface area contributed by atoms with Crippen LogP contribution >= 0.6 is 11.8 Å². The smallest absolute Gasteiger partial charge is 0.277 e. The number of benzene rings is 1. The topological polar surface area (TPSA) is 89.6 Å². The van der Waals surface area contributed by atoms with Crippen LogP contribution in [0.2, 0.25) is 0 Å². The Bertz CT molecular complexity index is 1030. The van der Waals surface area contributed by atoms with E-state index in [4.69, 9.17) is 10.5 Å². The molecule has 0 spiro atoms. The van der Waals surface area contributed by atoms with Crippen molar-refractivity contribution in [1.29, 1.82) is 0 Å². The number of fused-ring (bicyclic) bond motifs is 1. The Morgan fingerprint density at radius 2 is 2.03 bits per heavy atom. The fourth-order valence-corrected chi connectivity index (χ4v) is 4.66. The quantitative estimate of drug-likeness (QED) is 0.794. The SMILES string of the molecule is C[C@@]12COC[C@]1(c1cc(NC(=O)c3ncc(F)cc3F)ccc1F)N=C(N)SC2. The predicted molar refractivity (Wildman–Crippen MR) is 103 cm³/mol. The Morgan fingerprint density at radius 3 is 2.79 bits per heavy atom. The van der Waals surface area contributed by atoms with Crippen LogP contribution in [0.3, 0.4) is 0 Å². The van der Waals surface area contributed by atoms with Gasteiger partial charge in [0, 0.05) is 28.5 Å². The van der Waals surface area contributed by atoms with Crippen molar-refractivity contribution in [3.63, 3.8) is 0 Å². The lowest BCUT2D eigenvalue weighted by atomic mass is 9.70. The fraction of sp³-hybridized carbons (Fsp3) is 0.316. The number of aliphatic imine (C=N–C) groups is 1. The number of carbonyl (C=O) groups excluding carboxylic acids is 1. The first-order valence-corrected chi connectivity index (χ1v) is 9.71. The van der Waals surface area contributed by atoms with E-state index < -0.39 is 40.0 Å². The first-order chi connectivity index (χ1) is 13.7. The third-order valence-electron chi connectivity index (χ3n) is 5.26. The van der Waals surface area contributed by atoms with Crippen LogP contribution in [-0.4, -0.2) is 35.0 Å². The summed E-state index contributed by atoms with van der Waals surface area (Å²) in [5, 5.41) is 2.80. The van der Waals surface area contributed by atoms with Crippen LogP contribution < -0.4 is 11.1 Å². The van der Waals surface area contributed by atoms with Crippen LogP contribution in [0, 0.1) is 22.9 Å². The Labute approximate surface area is 168 Å². The predicted octanol–water partition coefficient (Wildman–Crippen LogP) is 3.04. The van der Waals surface area contributed by atoms with E-state index in [1.54, 1.807) is 0 Å². The van der Waals surface area contributed by atoms with Gasteiger partial charge in [-0.3, -0.25) is 4.79 Å². The van der Waals surface area contributed by atoms with Crippen molar-refractivity contribution in [2.45, 2.75) is 12.5 Å². The molecule has 152 valence electrons. The molecule has 2 aliphatic heterocycles. The highest BCUT2D eigenvalue weighted by molar-refractivity contribution is 8.13. The van der Waals surface area contributed by atoms with Gasteiger partial charge in [0.05, 0.1) is 19.4 Å². The minimum Gasteiger partial charge on any atom is -0.379 e. The average Bonchev–Trinajstić information content (AvgIpc) is 3.00. The zero-order valence-corrected chi connectivity index (χ0v) is 16.2. The summed E-state index contributed by atoms with van der Waals surface area (Å²) in [6.45, 7) is 2.48. The van der Waals surface area contributed by atoms with Gasteiger partial charge in [-0.05, 0) is 18.2 Å². The summed E-state index contributed by atoms with van der Waals surface area (Å²) in [5.41, 5.74) is 4.28. The number of pyridine rings is 1. The Kier molecular flexibility index (Phi) is 4.78. The molecule has 1 aromatic heterocycles. The zero-order chi connectivity index (χ0) is 20.8. The first-order valence-electron chi connectivity index (χ1n) is 8.72. The van der Waals surface area contributed by atoms with Gasteiger partial charge < -0.3 is 15.8 Å². The zero-order valence-electron chi connectivity index (χ0n) is 15.3. The third-order valence-corrected chi connectivity index (χ3v) is 6.43. The summed E-state index contributed by atoms with van der Waals surface area (Å²) < 4.78 is 47.4. The monoisotopic (exact) mass is 422 g/mol. The number of halogens is 3. The molecule has 0 bridgehead atoms. The third kappa shape index (κ3) is 3.25. The van der Waals surface area contributed by atoms with Gasteiger partial charge in [-0.2, -0.15) is 0 Å². The second-order valence-corrected chi connectivity index (χ2v) is 8.28. The Balaban J connectivity index is 1.72. The van der Waals surface area contributed by atoms with Crippen LogP contribution in [0.1, 0.15) is 23.0 Å². The highest BCUT2D eigenvalue weighted by Crippen LogP contribution is 2.53. The summed E-state index contributed by atoms with van der Waals surface area (Å²) in [7, 11) is 0. The molecular weight excluding hydrogens is 405 g/mol. The maximum Gasteiger partial charge on any atom is 0.277 e. The lowest BCUT2D eigenvalue weighted by Crippen LogP contribution is -2.48. The van der Waals surface area contributed by atoms with E-state index in [-0.39, 0.29) is 17.9 Å². The second-order valence-electron chi connectivity index (χ2n) is 7.29. The van der Waals surface area contributed by atoms with Gasteiger partial charge in [-0.1, -0.05) is 18.7 Å². The summed E-state index contributed by atoms with van der Waals surface area (Å²) in [4.78, 5) is 20.4. The summed E-state index contributed by atoms with van der Waals surface area (Å²) in [5.74, 6) is -2.79. The second kappa shape index (κ2) is 7.03. The Hall–Kier alpha value is -2.59. The van der Waals surface area contributed by atoms with Crippen molar-refractivity contribution in [2.24, 2.45) is 16.1 Å². The van der Waals surface area contributed by atoms with Crippen LogP contribution in [0.4, 0.5) is 18.9 Å². The van der Waals surface area contributed by atoms with Crippen molar-refractivity contribution in [1.82, 2.24) is 4.98 Å². The number of nitrogens with zero attached hydrogens (tertiary/aromatic N) is 2. The van der Waals surface area contributed by atoms with Gasteiger partial charge in [0.25, 0.3) is 5.91 Å². The van der Waals surface area contributed by atoms with Crippen molar-refractivity contribution < 1.29 is 22.7 Å². The molecule has 2 atom stereocenters. The number of amides is 1. The maximum atomic E-state index is 14.9. The minimum atomic E-state index is -1.10. The minimum absolute atomic E-state index is 0.146. The summed E-state index contributed by atoms with van der Waals surface area (Å²) in [6, 6.07) is 4.54. The van der Waals surface area contributed by atoms with Crippen molar-refractivity contribution in [3.05, 3.63) is 59.2 Å². The lowest BCUT2D eigenvalue weighted by molar-refractivity contribution is 0.101. The molecule has 29 heavy (non-hydrogen) atoms. The van der Waals surface area contributed by atoms with E-state index in [2.05, 4.69) is 15.3 Å². The molecule has 2 aromatic rings. The van der Waals surface area contributed by atoms with Gasteiger partial charge >= 0.3 is 0 Å². The van der Waals surface area contributed by atoms with Crippen LogP contribution in [0.25, 0.3) is 0 Å². The molecule has 4 rings (SSSR count). The number of aromatic nitrogens is 1. The molecule has 3 heterocycles. The molecule has 1 aromatic carbocycles. The van der Waals surface area contributed by atoms with Gasteiger partial charge in [0.1, 0.15) is 17.2 Å². The number of rotatable bonds is 3. The van der Waals surface area contributed by atoms with Crippen LogP contribution in [-0.2, 0) is 10.3 Å². The lowest BCUT2D eigenvalue weighted by Gasteiger charge is -2.42. The van der Waals surface area contributed by atoms with Crippen LogP contribution in [0.5, 0.6) is 0 Å². The molecule has 0 unspecified atom stereocenters.